The number of para-hydroxylation sites is 1. The van der Waals surface area contributed by atoms with Gasteiger partial charge in [0.05, 0.1) is 6.54 Å². The van der Waals surface area contributed by atoms with Crippen LogP contribution in [0.1, 0.15) is 12.5 Å². The van der Waals surface area contributed by atoms with E-state index in [2.05, 4.69) is 15.6 Å². The number of carbonyl (C=O) groups is 2. The molecule has 18 heavy (non-hydrogen) atoms. The summed E-state index contributed by atoms with van der Waals surface area (Å²) in [4.78, 5) is 25.2. The van der Waals surface area contributed by atoms with Crippen molar-refractivity contribution in [2.45, 2.75) is 13.5 Å². The van der Waals surface area contributed by atoms with E-state index in [0.717, 1.165) is 16.5 Å². The second kappa shape index (κ2) is 5.35. The smallest absolute Gasteiger partial charge is 0.315 e. The van der Waals surface area contributed by atoms with Crippen molar-refractivity contribution in [2.75, 3.05) is 6.54 Å². The van der Waals surface area contributed by atoms with Crippen molar-refractivity contribution in [1.82, 2.24) is 15.6 Å². The van der Waals surface area contributed by atoms with Crippen molar-refractivity contribution in [2.24, 2.45) is 0 Å². The SMILES string of the molecule is CC(=O)CNC(=O)NCc1c[nH]c2ccccc12. The lowest BCUT2D eigenvalue weighted by Gasteiger charge is -2.05. The van der Waals surface area contributed by atoms with E-state index in [1.165, 1.54) is 6.92 Å². The van der Waals surface area contributed by atoms with Gasteiger partial charge in [-0.1, -0.05) is 18.2 Å². The lowest BCUT2D eigenvalue weighted by molar-refractivity contribution is -0.116. The number of nitrogens with one attached hydrogen (secondary N) is 3. The van der Waals surface area contributed by atoms with Gasteiger partial charge in [0, 0.05) is 23.6 Å². The lowest BCUT2D eigenvalue weighted by Crippen LogP contribution is -2.37. The first kappa shape index (κ1) is 12.2. The minimum Gasteiger partial charge on any atom is -0.361 e. The van der Waals surface area contributed by atoms with Gasteiger partial charge in [-0.05, 0) is 18.6 Å². The van der Waals surface area contributed by atoms with Gasteiger partial charge in [0.1, 0.15) is 5.78 Å². The molecule has 1 aromatic heterocycles. The number of urea groups is 1. The monoisotopic (exact) mass is 245 g/mol. The summed E-state index contributed by atoms with van der Waals surface area (Å²) in [5, 5.41) is 6.28. The van der Waals surface area contributed by atoms with Crippen LogP contribution < -0.4 is 10.6 Å². The Labute approximate surface area is 105 Å². The number of aromatic amines is 1. The van der Waals surface area contributed by atoms with Crippen molar-refractivity contribution in [3.8, 4) is 0 Å². The topological polar surface area (TPSA) is 74.0 Å². The van der Waals surface area contributed by atoms with Gasteiger partial charge in [-0.25, -0.2) is 4.79 Å². The largest absolute Gasteiger partial charge is 0.361 e. The molecule has 0 saturated carbocycles. The Balaban J connectivity index is 1.94. The molecule has 5 nitrogen and oxygen atoms in total. The first-order valence-corrected chi connectivity index (χ1v) is 5.73. The van der Waals surface area contributed by atoms with Gasteiger partial charge >= 0.3 is 6.03 Å². The molecule has 5 heteroatoms. The quantitative estimate of drug-likeness (QED) is 0.764. The Morgan fingerprint density at radius 1 is 1.22 bits per heavy atom. The molecule has 0 saturated heterocycles. The summed E-state index contributed by atoms with van der Waals surface area (Å²) in [6.45, 7) is 1.91. The fourth-order valence-electron chi connectivity index (χ4n) is 1.72. The molecule has 0 bridgehead atoms. The van der Waals surface area contributed by atoms with Gasteiger partial charge in [-0.3, -0.25) is 4.79 Å². The number of hydrogen-bond donors (Lipinski definition) is 3. The average molecular weight is 245 g/mol. The Morgan fingerprint density at radius 3 is 2.78 bits per heavy atom. The van der Waals surface area contributed by atoms with Crippen LogP contribution in [-0.2, 0) is 11.3 Å². The molecular formula is C13H15N3O2. The van der Waals surface area contributed by atoms with Gasteiger partial charge < -0.3 is 15.6 Å². The minimum atomic E-state index is -0.338. The van der Waals surface area contributed by atoms with Crippen molar-refractivity contribution in [3.05, 3.63) is 36.0 Å². The predicted molar refractivity (Wildman–Crippen MR) is 69.2 cm³/mol. The molecule has 3 N–H and O–H groups in total. The number of benzene rings is 1. The van der Waals surface area contributed by atoms with E-state index in [9.17, 15) is 9.59 Å². The summed E-state index contributed by atoms with van der Waals surface area (Å²) in [7, 11) is 0. The van der Waals surface area contributed by atoms with Crippen LogP contribution >= 0.6 is 0 Å². The van der Waals surface area contributed by atoms with Gasteiger partial charge in [0.25, 0.3) is 0 Å². The molecule has 0 aliphatic heterocycles. The van der Waals surface area contributed by atoms with Crippen molar-refractivity contribution < 1.29 is 9.59 Å². The van der Waals surface area contributed by atoms with E-state index in [1.54, 1.807) is 0 Å². The van der Waals surface area contributed by atoms with E-state index in [4.69, 9.17) is 0 Å². The number of fused-ring (bicyclic) bond motifs is 1. The number of hydrogen-bond acceptors (Lipinski definition) is 2. The maximum absolute atomic E-state index is 11.4. The predicted octanol–water partition coefficient (Wildman–Crippen LogP) is 1.56. The van der Waals surface area contributed by atoms with E-state index < -0.39 is 0 Å². The van der Waals surface area contributed by atoms with Crippen LogP contribution in [0.3, 0.4) is 0 Å². The summed E-state index contributed by atoms with van der Waals surface area (Å²) < 4.78 is 0. The molecule has 0 spiro atoms. The number of amides is 2. The van der Waals surface area contributed by atoms with Crippen LogP contribution in [0.5, 0.6) is 0 Å². The molecule has 0 aliphatic carbocycles. The summed E-state index contributed by atoms with van der Waals surface area (Å²) in [6.07, 6.45) is 1.87. The summed E-state index contributed by atoms with van der Waals surface area (Å²) >= 11 is 0. The van der Waals surface area contributed by atoms with Gasteiger partial charge in [-0.15, -0.1) is 0 Å². The normalized spacial score (nSPS) is 10.3. The number of aromatic nitrogens is 1. The molecule has 2 rings (SSSR count). The molecule has 0 aliphatic rings. The van der Waals surface area contributed by atoms with Crippen LogP contribution in [0, 0.1) is 0 Å². The van der Waals surface area contributed by atoms with Gasteiger partial charge in [-0.2, -0.15) is 0 Å². The maximum Gasteiger partial charge on any atom is 0.315 e. The highest BCUT2D eigenvalue weighted by Gasteiger charge is 2.05. The van der Waals surface area contributed by atoms with E-state index in [1.807, 2.05) is 30.5 Å². The molecule has 0 fully saturated rings. The molecule has 0 radical (unpaired) electrons. The zero-order valence-electron chi connectivity index (χ0n) is 10.1. The molecular weight excluding hydrogens is 230 g/mol. The molecule has 0 atom stereocenters. The maximum atomic E-state index is 11.4. The lowest BCUT2D eigenvalue weighted by atomic mass is 10.2. The van der Waals surface area contributed by atoms with Crippen molar-refractivity contribution in [3.63, 3.8) is 0 Å². The second-order valence-electron chi connectivity index (χ2n) is 4.10. The minimum absolute atomic E-state index is 0.0553. The standard InChI is InChI=1S/C13H15N3O2/c1-9(17)6-15-13(18)16-8-10-7-14-12-5-3-2-4-11(10)12/h2-5,7,14H,6,8H2,1H3,(H2,15,16,18). The third-order valence-electron chi connectivity index (χ3n) is 2.61. The van der Waals surface area contributed by atoms with Crippen molar-refractivity contribution in [1.29, 1.82) is 0 Å². The molecule has 0 unspecified atom stereocenters. The number of ketones is 1. The highest BCUT2D eigenvalue weighted by Crippen LogP contribution is 2.16. The van der Waals surface area contributed by atoms with Crippen LogP contribution in [0.2, 0.25) is 0 Å². The van der Waals surface area contributed by atoms with Crippen LogP contribution in [0.15, 0.2) is 30.5 Å². The van der Waals surface area contributed by atoms with Crippen LogP contribution in [-0.4, -0.2) is 23.3 Å². The van der Waals surface area contributed by atoms with Crippen LogP contribution in [0.25, 0.3) is 10.9 Å². The first-order valence-electron chi connectivity index (χ1n) is 5.73. The average Bonchev–Trinajstić information content (AvgIpc) is 2.77. The summed E-state index contributed by atoms with van der Waals surface area (Å²) in [6, 6.07) is 7.55. The number of H-pyrrole nitrogens is 1. The Morgan fingerprint density at radius 2 is 2.00 bits per heavy atom. The molecule has 2 aromatic rings. The van der Waals surface area contributed by atoms with Gasteiger partial charge in [0.2, 0.25) is 0 Å². The Kier molecular flexibility index (Phi) is 3.62. The third kappa shape index (κ3) is 2.88. The number of rotatable bonds is 4. The zero-order valence-corrected chi connectivity index (χ0v) is 10.1. The molecule has 2 amide bonds. The van der Waals surface area contributed by atoms with Crippen molar-refractivity contribution >= 4 is 22.7 Å². The van der Waals surface area contributed by atoms with E-state index in [0.29, 0.717) is 6.54 Å². The van der Waals surface area contributed by atoms with Crippen LogP contribution in [0.4, 0.5) is 4.79 Å². The molecule has 1 heterocycles. The highest BCUT2D eigenvalue weighted by atomic mass is 16.2. The van der Waals surface area contributed by atoms with E-state index in [-0.39, 0.29) is 18.4 Å². The number of carbonyl (C=O) groups excluding carboxylic acids is 2. The fraction of sp³-hybridized carbons (Fsp3) is 0.231. The molecule has 94 valence electrons. The summed E-state index contributed by atoms with van der Waals surface area (Å²) in [5.41, 5.74) is 2.06. The Hall–Kier alpha value is -2.30. The van der Waals surface area contributed by atoms with Gasteiger partial charge in [0.15, 0.2) is 0 Å². The molecule has 1 aromatic carbocycles. The van der Waals surface area contributed by atoms with E-state index >= 15 is 0 Å². The third-order valence-corrected chi connectivity index (χ3v) is 2.61. The Bertz CT molecular complexity index is 574. The first-order chi connectivity index (χ1) is 8.66. The number of Topliss-reactive ketones (excluding diaryl/α,β-unsaturated/α-hetero) is 1. The fourth-order valence-corrected chi connectivity index (χ4v) is 1.72. The second-order valence-corrected chi connectivity index (χ2v) is 4.10. The summed E-state index contributed by atoms with van der Waals surface area (Å²) in [5.74, 6) is -0.0720. The highest BCUT2D eigenvalue weighted by molar-refractivity contribution is 5.85. The zero-order chi connectivity index (χ0) is 13.0.